The number of rotatable bonds is 3. The molecule has 0 unspecified atom stereocenters. The minimum atomic E-state index is -0.676. The minimum absolute atomic E-state index is 0.346. The molecule has 1 N–H and O–H groups in total. The number of hydrogen-bond acceptors (Lipinski definition) is 2. The summed E-state index contributed by atoms with van der Waals surface area (Å²) in [5.41, 5.74) is 0.624. The third kappa shape index (κ3) is 1.46. The Hall–Kier alpha value is -1.51. The van der Waals surface area contributed by atoms with Crippen molar-refractivity contribution in [1.82, 2.24) is 0 Å². The van der Waals surface area contributed by atoms with Crippen LogP contribution in [-0.2, 0) is 10.2 Å². The van der Waals surface area contributed by atoms with Gasteiger partial charge in [0.15, 0.2) is 0 Å². The molecule has 0 saturated heterocycles. The lowest BCUT2D eigenvalue weighted by molar-refractivity contribution is -0.160. The van der Waals surface area contributed by atoms with Gasteiger partial charge in [0.1, 0.15) is 5.75 Å². The molecule has 3 rings (SSSR count). The predicted octanol–water partition coefficient (Wildman–Crippen LogP) is 2.98. The standard InChI is InChI=1S/C15H18O3/c1-18-12-5-3-11(4-6-12)15(13(16)17)9-14(10-15)7-2-8-14/h3-6H,2,7-10H2,1H3,(H,16,17). The van der Waals surface area contributed by atoms with Crippen LogP contribution >= 0.6 is 0 Å². The molecular formula is C15H18O3. The van der Waals surface area contributed by atoms with E-state index in [-0.39, 0.29) is 0 Å². The first-order valence-corrected chi connectivity index (χ1v) is 6.48. The van der Waals surface area contributed by atoms with E-state index in [4.69, 9.17) is 4.74 Å². The molecule has 0 bridgehead atoms. The third-order valence-corrected chi connectivity index (χ3v) is 4.82. The highest BCUT2D eigenvalue weighted by Crippen LogP contribution is 2.65. The molecule has 2 aliphatic carbocycles. The molecule has 0 aliphatic heterocycles. The lowest BCUT2D eigenvalue weighted by Crippen LogP contribution is -2.57. The van der Waals surface area contributed by atoms with Gasteiger partial charge in [0.2, 0.25) is 0 Å². The van der Waals surface area contributed by atoms with Gasteiger partial charge in [-0.3, -0.25) is 4.79 Å². The largest absolute Gasteiger partial charge is 0.497 e. The summed E-state index contributed by atoms with van der Waals surface area (Å²) in [6.45, 7) is 0. The molecule has 18 heavy (non-hydrogen) atoms. The molecule has 3 heteroatoms. The summed E-state index contributed by atoms with van der Waals surface area (Å²) in [5, 5.41) is 9.58. The molecule has 1 aromatic rings. The summed E-state index contributed by atoms with van der Waals surface area (Å²) in [5.74, 6) is 0.0992. The van der Waals surface area contributed by atoms with Crippen molar-refractivity contribution in [3.63, 3.8) is 0 Å². The monoisotopic (exact) mass is 246 g/mol. The Morgan fingerprint density at radius 1 is 1.22 bits per heavy atom. The van der Waals surface area contributed by atoms with E-state index in [0.29, 0.717) is 5.41 Å². The fraction of sp³-hybridized carbons (Fsp3) is 0.533. The lowest BCUT2D eigenvalue weighted by Gasteiger charge is -2.59. The Morgan fingerprint density at radius 2 is 1.83 bits per heavy atom. The Kier molecular flexibility index (Phi) is 2.40. The smallest absolute Gasteiger partial charge is 0.314 e. The SMILES string of the molecule is COc1ccc(C2(C(=O)O)CC3(CCC3)C2)cc1. The zero-order chi connectivity index (χ0) is 12.8. The molecule has 0 amide bonds. The molecule has 3 nitrogen and oxygen atoms in total. The minimum Gasteiger partial charge on any atom is -0.497 e. The van der Waals surface area contributed by atoms with Crippen molar-refractivity contribution in [2.45, 2.75) is 37.5 Å². The van der Waals surface area contributed by atoms with Gasteiger partial charge in [-0.15, -0.1) is 0 Å². The Labute approximate surface area is 107 Å². The number of methoxy groups -OCH3 is 1. The molecule has 0 heterocycles. The number of hydrogen-bond donors (Lipinski definition) is 1. The highest BCUT2D eigenvalue weighted by molar-refractivity contribution is 5.83. The van der Waals surface area contributed by atoms with Crippen LogP contribution in [0.3, 0.4) is 0 Å². The van der Waals surface area contributed by atoms with E-state index < -0.39 is 11.4 Å². The first kappa shape index (κ1) is 11.6. The number of carboxylic acids is 1. The molecule has 1 aromatic carbocycles. The average Bonchev–Trinajstić information content (AvgIpc) is 2.26. The Morgan fingerprint density at radius 3 is 2.22 bits per heavy atom. The number of ether oxygens (including phenoxy) is 1. The van der Waals surface area contributed by atoms with Crippen LogP contribution in [0, 0.1) is 5.41 Å². The second-order valence-electron chi connectivity index (χ2n) is 5.82. The molecule has 1 spiro atoms. The number of aliphatic carboxylic acids is 1. The summed E-state index contributed by atoms with van der Waals surface area (Å²) >= 11 is 0. The first-order valence-electron chi connectivity index (χ1n) is 6.48. The van der Waals surface area contributed by atoms with E-state index >= 15 is 0 Å². The van der Waals surface area contributed by atoms with Crippen LogP contribution in [0.25, 0.3) is 0 Å². The summed E-state index contributed by atoms with van der Waals surface area (Å²) in [7, 11) is 1.62. The number of benzene rings is 1. The molecule has 0 atom stereocenters. The fourth-order valence-corrected chi connectivity index (χ4v) is 3.65. The number of carbonyl (C=O) groups is 1. The van der Waals surface area contributed by atoms with Crippen LogP contribution in [0.5, 0.6) is 5.75 Å². The lowest BCUT2D eigenvalue weighted by atomic mass is 9.44. The van der Waals surface area contributed by atoms with Crippen molar-refractivity contribution in [2.24, 2.45) is 5.41 Å². The van der Waals surface area contributed by atoms with Gasteiger partial charge in [-0.05, 0) is 48.8 Å². The predicted molar refractivity (Wildman–Crippen MR) is 67.8 cm³/mol. The normalized spacial score (nSPS) is 22.9. The average molecular weight is 246 g/mol. The summed E-state index contributed by atoms with van der Waals surface area (Å²) < 4.78 is 5.12. The fourth-order valence-electron chi connectivity index (χ4n) is 3.65. The Balaban J connectivity index is 1.88. The molecule has 2 aliphatic rings. The van der Waals surface area contributed by atoms with Crippen molar-refractivity contribution in [2.75, 3.05) is 7.11 Å². The van der Waals surface area contributed by atoms with Gasteiger partial charge in [-0.25, -0.2) is 0 Å². The van der Waals surface area contributed by atoms with Crippen molar-refractivity contribution >= 4 is 5.97 Å². The van der Waals surface area contributed by atoms with Gasteiger partial charge in [-0.1, -0.05) is 18.6 Å². The number of carboxylic acid groups (broad SMARTS) is 1. The highest BCUT2D eigenvalue weighted by atomic mass is 16.5. The van der Waals surface area contributed by atoms with Gasteiger partial charge < -0.3 is 9.84 Å². The molecule has 0 radical (unpaired) electrons. The van der Waals surface area contributed by atoms with Crippen molar-refractivity contribution < 1.29 is 14.6 Å². The maximum atomic E-state index is 11.7. The van der Waals surface area contributed by atoms with E-state index in [1.165, 1.54) is 19.3 Å². The summed E-state index contributed by atoms with van der Waals surface area (Å²) in [4.78, 5) is 11.7. The van der Waals surface area contributed by atoms with E-state index in [2.05, 4.69) is 0 Å². The van der Waals surface area contributed by atoms with Crippen LogP contribution in [0.2, 0.25) is 0 Å². The molecular weight excluding hydrogens is 228 g/mol. The third-order valence-electron chi connectivity index (χ3n) is 4.82. The van der Waals surface area contributed by atoms with E-state index in [0.717, 1.165) is 24.2 Å². The van der Waals surface area contributed by atoms with Crippen molar-refractivity contribution in [3.05, 3.63) is 29.8 Å². The van der Waals surface area contributed by atoms with Crippen LogP contribution < -0.4 is 4.74 Å². The second-order valence-corrected chi connectivity index (χ2v) is 5.82. The molecule has 2 saturated carbocycles. The highest BCUT2D eigenvalue weighted by Gasteiger charge is 2.61. The van der Waals surface area contributed by atoms with Gasteiger partial charge >= 0.3 is 5.97 Å². The molecule has 2 fully saturated rings. The van der Waals surface area contributed by atoms with Crippen LogP contribution in [0.4, 0.5) is 0 Å². The molecule has 96 valence electrons. The van der Waals surface area contributed by atoms with Gasteiger partial charge in [0.05, 0.1) is 12.5 Å². The quantitative estimate of drug-likeness (QED) is 0.891. The first-order chi connectivity index (χ1) is 8.60. The van der Waals surface area contributed by atoms with Gasteiger partial charge in [0.25, 0.3) is 0 Å². The molecule has 0 aromatic heterocycles. The maximum Gasteiger partial charge on any atom is 0.314 e. The van der Waals surface area contributed by atoms with E-state index in [1.807, 2.05) is 24.3 Å². The van der Waals surface area contributed by atoms with E-state index in [1.54, 1.807) is 7.11 Å². The van der Waals surface area contributed by atoms with Crippen LogP contribution in [-0.4, -0.2) is 18.2 Å². The zero-order valence-corrected chi connectivity index (χ0v) is 10.6. The second kappa shape index (κ2) is 3.74. The van der Waals surface area contributed by atoms with Gasteiger partial charge in [0, 0.05) is 0 Å². The zero-order valence-electron chi connectivity index (χ0n) is 10.6. The Bertz CT molecular complexity index is 463. The van der Waals surface area contributed by atoms with E-state index in [9.17, 15) is 9.90 Å². The van der Waals surface area contributed by atoms with Crippen molar-refractivity contribution in [3.8, 4) is 5.75 Å². The van der Waals surface area contributed by atoms with Gasteiger partial charge in [-0.2, -0.15) is 0 Å². The summed E-state index contributed by atoms with van der Waals surface area (Å²) in [6, 6.07) is 7.51. The summed E-state index contributed by atoms with van der Waals surface area (Å²) in [6.07, 6.45) is 5.29. The maximum absolute atomic E-state index is 11.7. The topological polar surface area (TPSA) is 46.5 Å². The van der Waals surface area contributed by atoms with Crippen LogP contribution in [0.1, 0.15) is 37.7 Å². The van der Waals surface area contributed by atoms with Crippen molar-refractivity contribution in [1.29, 1.82) is 0 Å². The van der Waals surface area contributed by atoms with Crippen LogP contribution in [0.15, 0.2) is 24.3 Å².